The number of nitrogens with zero attached hydrogens (tertiary/aromatic N) is 2. The van der Waals surface area contributed by atoms with Gasteiger partial charge in [-0.05, 0) is 5.41 Å². The Morgan fingerprint density at radius 3 is 2.50 bits per heavy atom. The normalized spacial score (nSPS) is 14.1. The van der Waals surface area contributed by atoms with Crippen LogP contribution in [0, 0.1) is 5.41 Å². The predicted molar refractivity (Wildman–Crippen MR) is 56.1 cm³/mol. The lowest BCUT2D eigenvalue weighted by Crippen LogP contribution is -2.27. The van der Waals surface area contributed by atoms with Gasteiger partial charge in [0.1, 0.15) is 5.69 Å². The van der Waals surface area contributed by atoms with Gasteiger partial charge < -0.3 is 10.5 Å². The summed E-state index contributed by atoms with van der Waals surface area (Å²) in [5.41, 5.74) is 6.92. The minimum absolute atomic E-state index is 0.0123. The molecule has 1 atom stereocenters. The van der Waals surface area contributed by atoms with Gasteiger partial charge in [0.05, 0.1) is 19.3 Å². The number of nitrogens with two attached hydrogens (primary N) is 1. The zero-order valence-corrected chi connectivity index (χ0v) is 9.53. The van der Waals surface area contributed by atoms with Crippen LogP contribution in [-0.2, 0) is 7.05 Å². The van der Waals surface area contributed by atoms with Crippen LogP contribution in [0.15, 0.2) is 6.20 Å². The second kappa shape index (κ2) is 3.61. The number of aromatic nitrogens is 2. The highest BCUT2D eigenvalue weighted by molar-refractivity contribution is 5.28. The molecule has 0 fully saturated rings. The molecule has 1 aromatic rings. The second-order valence-electron chi connectivity index (χ2n) is 4.60. The summed E-state index contributed by atoms with van der Waals surface area (Å²) < 4.78 is 6.94. The first-order valence-corrected chi connectivity index (χ1v) is 4.69. The average Bonchev–Trinajstić information content (AvgIpc) is 2.43. The predicted octanol–water partition coefficient (Wildman–Crippen LogP) is 1.47. The SMILES string of the molecule is COc1cn(C)nc1[C@H](N)C(C)(C)C. The smallest absolute Gasteiger partial charge is 0.161 e. The maximum absolute atomic E-state index is 6.11. The van der Waals surface area contributed by atoms with Gasteiger partial charge in [0.2, 0.25) is 0 Å². The topological polar surface area (TPSA) is 53.1 Å². The van der Waals surface area contributed by atoms with Crippen molar-refractivity contribution in [1.29, 1.82) is 0 Å². The molecule has 0 bridgehead atoms. The van der Waals surface area contributed by atoms with Crippen LogP contribution >= 0.6 is 0 Å². The van der Waals surface area contributed by atoms with Crippen molar-refractivity contribution in [3.05, 3.63) is 11.9 Å². The third-order valence-corrected chi connectivity index (χ3v) is 2.27. The molecule has 0 radical (unpaired) electrons. The van der Waals surface area contributed by atoms with Gasteiger partial charge in [-0.25, -0.2) is 0 Å². The second-order valence-corrected chi connectivity index (χ2v) is 4.60. The molecule has 0 aliphatic carbocycles. The van der Waals surface area contributed by atoms with E-state index in [1.165, 1.54) is 0 Å². The van der Waals surface area contributed by atoms with Gasteiger partial charge >= 0.3 is 0 Å². The van der Waals surface area contributed by atoms with E-state index in [-0.39, 0.29) is 11.5 Å². The third kappa shape index (κ3) is 2.07. The molecule has 0 amide bonds. The van der Waals surface area contributed by atoms with Crippen LogP contribution in [0.5, 0.6) is 5.75 Å². The summed E-state index contributed by atoms with van der Waals surface area (Å²) in [6.45, 7) is 6.27. The molecule has 2 N–H and O–H groups in total. The Morgan fingerprint density at radius 1 is 1.50 bits per heavy atom. The molecule has 1 aromatic heterocycles. The van der Waals surface area contributed by atoms with Crippen LogP contribution in [0.2, 0.25) is 0 Å². The van der Waals surface area contributed by atoms with Gasteiger partial charge in [-0.15, -0.1) is 0 Å². The molecule has 0 aromatic carbocycles. The van der Waals surface area contributed by atoms with Crippen molar-refractivity contribution >= 4 is 0 Å². The van der Waals surface area contributed by atoms with Crippen molar-refractivity contribution in [2.45, 2.75) is 26.8 Å². The first-order valence-electron chi connectivity index (χ1n) is 4.69. The molecular weight excluding hydrogens is 178 g/mol. The summed E-state index contributed by atoms with van der Waals surface area (Å²) in [5.74, 6) is 0.759. The molecule has 4 nitrogen and oxygen atoms in total. The van der Waals surface area contributed by atoms with Gasteiger partial charge in [0.25, 0.3) is 0 Å². The molecule has 14 heavy (non-hydrogen) atoms. The standard InChI is InChI=1S/C10H19N3O/c1-10(2,3)9(11)8-7(14-5)6-13(4)12-8/h6,9H,11H2,1-5H3/t9-/m0/s1. The van der Waals surface area contributed by atoms with Crippen molar-refractivity contribution in [3.63, 3.8) is 0 Å². The quantitative estimate of drug-likeness (QED) is 0.781. The van der Waals surface area contributed by atoms with Crippen molar-refractivity contribution in [1.82, 2.24) is 9.78 Å². The molecule has 0 aliphatic heterocycles. The molecule has 80 valence electrons. The lowest BCUT2D eigenvalue weighted by Gasteiger charge is -2.25. The van der Waals surface area contributed by atoms with Crippen LogP contribution in [0.4, 0.5) is 0 Å². The largest absolute Gasteiger partial charge is 0.493 e. The minimum Gasteiger partial charge on any atom is -0.493 e. The monoisotopic (exact) mass is 197 g/mol. The number of aryl methyl sites for hydroxylation is 1. The van der Waals surface area contributed by atoms with Crippen LogP contribution in [0.3, 0.4) is 0 Å². The first kappa shape index (κ1) is 11.0. The Balaban J connectivity index is 3.05. The molecule has 0 saturated carbocycles. The third-order valence-electron chi connectivity index (χ3n) is 2.27. The van der Waals surface area contributed by atoms with E-state index < -0.39 is 0 Å². The summed E-state index contributed by atoms with van der Waals surface area (Å²) in [5, 5.41) is 4.31. The van der Waals surface area contributed by atoms with Crippen molar-refractivity contribution in [2.24, 2.45) is 18.2 Å². The van der Waals surface area contributed by atoms with Crippen molar-refractivity contribution in [2.75, 3.05) is 7.11 Å². The summed E-state index contributed by atoms with van der Waals surface area (Å²) in [7, 11) is 3.50. The highest BCUT2D eigenvalue weighted by Gasteiger charge is 2.27. The Kier molecular flexibility index (Phi) is 2.85. The van der Waals surface area contributed by atoms with Gasteiger partial charge in [-0.2, -0.15) is 5.10 Å². The van der Waals surface area contributed by atoms with Gasteiger partial charge in [-0.1, -0.05) is 20.8 Å². The molecule has 0 unspecified atom stereocenters. The Hall–Kier alpha value is -1.03. The van der Waals surface area contributed by atoms with E-state index in [2.05, 4.69) is 25.9 Å². The zero-order valence-electron chi connectivity index (χ0n) is 9.53. The van der Waals surface area contributed by atoms with E-state index in [1.807, 2.05) is 13.2 Å². The Bertz CT molecular complexity index is 312. The van der Waals surface area contributed by atoms with Crippen LogP contribution in [0.25, 0.3) is 0 Å². The average molecular weight is 197 g/mol. The molecule has 1 heterocycles. The van der Waals surface area contributed by atoms with E-state index in [1.54, 1.807) is 11.8 Å². The van der Waals surface area contributed by atoms with Gasteiger partial charge in [-0.3, -0.25) is 4.68 Å². The fraction of sp³-hybridized carbons (Fsp3) is 0.700. The summed E-state index contributed by atoms with van der Waals surface area (Å²) in [4.78, 5) is 0. The molecule has 0 saturated heterocycles. The van der Waals surface area contributed by atoms with Crippen LogP contribution in [-0.4, -0.2) is 16.9 Å². The Morgan fingerprint density at radius 2 is 2.07 bits per heavy atom. The van der Waals surface area contributed by atoms with Crippen molar-refractivity contribution in [3.8, 4) is 5.75 Å². The first-order chi connectivity index (χ1) is 6.36. The molecule has 4 heteroatoms. The summed E-state index contributed by atoms with van der Waals surface area (Å²) >= 11 is 0. The lowest BCUT2D eigenvalue weighted by molar-refractivity contribution is 0.308. The van der Waals surface area contributed by atoms with E-state index in [9.17, 15) is 0 Å². The highest BCUT2D eigenvalue weighted by atomic mass is 16.5. The van der Waals surface area contributed by atoms with E-state index >= 15 is 0 Å². The molecule has 0 spiro atoms. The van der Waals surface area contributed by atoms with E-state index in [0.29, 0.717) is 0 Å². The zero-order chi connectivity index (χ0) is 10.9. The minimum atomic E-state index is -0.112. The summed E-state index contributed by atoms with van der Waals surface area (Å²) in [6.07, 6.45) is 1.83. The number of hydrogen-bond acceptors (Lipinski definition) is 3. The molecule has 1 rings (SSSR count). The van der Waals surface area contributed by atoms with Gasteiger partial charge in [0, 0.05) is 7.05 Å². The number of methoxy groups -OCH3 is 1. The van der Waals surface area contributed by atoms with Crippen LogP contribution < -0.4 is 10.5 Å². The maximum atomic E-state index is 6.11. The van der Waals surface area contributed by atoms with Crippen molar-refractivity contribution < 1.29 is 4.74 Å². The molecule has 0 aliphatic rings. The van der Waals surface area contributed by atoms with E-state index in [0.717, 1.165) is 11.4 Å². The Labute approximate surface area is 85.0 Å². The fourth-order valence-corrected chi connectivity index (χ4v) is 1.27. The lowest BCUT2D eigenvalue weighted by atomic mass is 9.85. The highest BCUT2D eigenvalue weighted by Crippen LogP contribution is 2.34. The molecular formula is C10H19N3O. The fourth-order valence-electron chi connectivity index (χ4n) is 1.27. The maximum Gasteiger partial charge on any atom is 0.161 e. The summed E-state index contributed by atoms with van der Waals surface area (Å²) in [6, 6.07) is -0.112. The van der Waals surface area contributed by atoms with Gasteiger partial charge in [0.15, 0.2) is 5.75 Å². The number of hydrogen-bond donors (Lipinski definition) is 1. The van der Waals surface area contributed by atoms with E-state index in [4.69, 9.17) is 10.5 Å². The number of rotatable bonds is 2. The van der Waals surface area contributed by atoms with Crippen LogP contribution in [0.1, 0.15) is 32.5 Å². The number of ether oxygens (including phenoxy) is 1.